The van der Waals surface area contributed by atoms with Gasteiger partial charge in [0.2, 0.25) is 11.8 Å². The summed E-state index contributed by atoms with van der Waals surface area (Å²) in [7, 11) is 0. The van der Waals surface area contributed by atoms with Gasteiger partial charge in [0.25, 0.3) is 17.7 Å². The highest BCUT2D eigenvalue weighted by atomic mass is 16.5. The number of imide groups is 2. The van der Waals surface area contributed by atoms with Crippen molar-refractivity contribution in [2.75, 3.05) is 19.8 Å². The van der Waals surface area contributed by atoms with E-state index in [1.54, 1.807) is 0 Å². The van der Waals surface area contributed by atoms with Crippen molar-refractivity contribution in [2.45, 2.75) is 58.0 Å². The SMILES string of the molecule is CC(C)(C)NC(=O)OCCCCNC(=O)COc1cccc2c1C(=O)N(C1CCC(=O)NC1=O)C2=O. The Hall–Kier alpha value is -3.96. The lowest BCUT2D eigenvalue weighted by Crippen LogP contribution is -2.54. The molecule has 1 unspecified atom stereocenters. The highest BCUT2D eigenvalue weighted by Crippen LogP contribution is 2.33. The highest BCUT2D eigenvalue weighted by molar-refractivity contribution is 6.24. The van der Waals surface area contributed by atoms with Gasteiger partial charge in [0.15, 0.2) is 6.61 Å². The van der Waals surface area contributed by atoms with Gasteiger partial charge in [0.05, 0.1) is 17.7 Å². The molecule has 1 atom stereocenters. The maximum Gasteiger partial charge on any atom is 0.407 e. The summed E-state index contributed by atoms with van der Waals surface area (Å²) < 4.78 is 10.6. The van der Waals surface area contributed by atoms with Crippen LogP contribution in [0.25, 0.3) is 0 Å². The fourth-order valence-corrected chi connectivity index (χ4v) is 3.76. The third-order valence-electron chi connectivity index (χ3n) is 5.39. The first-order valence-corrected chi connectivity index (χ1v) is 11.7. The van der Waals surface area contributed by atoms with Gasteiger partial charge in [-0.15, -0.1) is 0 Å². The predicted octanol–water partition coefficient (Wildman–Crippen LogP) is 0.888. The predicted molar refractivity (Wildman–Crippen MR) is 125 cm³/mol. The summed E-state index contributed by atoms with van der Waals surface area (Å²) in [5.41, 5.74) is -0.339. The summed E-state index contributed by atoms with van der Waals surface area (Å²) in [6.45, 7) is 5.69. The van der Waals surface area contributed by atoms with Gasteiger partial charge in [-0.25, -0.2) is 4.79 Å². The first-order valence-electron chi connectivity index (χ1n) is 11.7. The number of alkyl carbamates (subject to hydrolysis) is 1. The molecule has 3 N–H and O–H groups in total. The number of fused-ring (bicyclic) bond motifs is 1. The Labute approximate surface area is 208 Å². The smallest absolute Gasteiger partial charge is 0.407 e. The van der Waals surface area contributed by atoms with Gasteiger partial charge in [0.1, 0.15) is 11.8 Å². The summed E-state index contributed by atoms with van der Waals surface area (Å²) in [4.78, 5) is 74.0. The van der Waals surface area contributed by atoms with E-state index in [1.807, 2.05) is 20.8 Å². The molecule has 6 amide bonds. The van der Waals surface area contributed by atoms with E-state index in [2.05, 4.69) is 16.0 Å². The number of hydrogen-bond donors (Lipinski definition) is 3. The van der Waals surface area contributed by atoms with Crippen LogP contribution in [0.5, 0.6) is 5.75 Å². The van der Waals surface area contributed by atoms with Gasteiger partial charge < -0.3 is 20.1 Å². The maximum absolute atomic E-state index is 13.0. The number of amides is 6. The molecule has 1 aromatic rings. The van der Waals surface area contributed by atoms with Gasteiger partial charge >= 0.3 is 6.09 Å². The van der Waals surface area contributed by atoms with E-state index in [9.17, 15) is 28.8 Å². The molecule has 12 nitrogen and oxygen atoms in total. The summed E-state index contributed by atoms with van der Waals surface area (Å²) >= 11 is 0. The van der Waals surface area contributed by atoms with Crippen LogP contribution in [0, 0.1) is 0 Å². The molecule has 1 aromatic carbocycles. The number of piperidine rings is 1. The van der Waals surface area contributed by atoms with Gasteiger partial charge in [-0.3, -0.25) is 34.2 Å². The van der Waals surface area contributed by atoms with E-state index in [1.165, 1.54) is 18.2 Å². The second-order valence-electron chi connectivity index (χ2n) is 9.48. The number of hydrogen-bond acceptors (Lipinski definition) is 8. The van der Waals surface area contributed by atoms with Gasteiger partial charge in [0, 0.05) is 18.5 Å². The number of unbranched alkanes of at least 4 members (excludes halogenated alkanes) is 1. The second-order valence-corrected chi connectivity index (χ2v) is 9.48. The molecule has 0 aliphatic carbocycles. The van der Waals surface area contributed by atoms with Gasteiger partial charge in [-0.05, 0) is 52.2 Å². The molecule has 0 aromatic heterocycles. The Morgan fingerprint density at radius 1 is 1.11 bits per heavy atom. The number of nitrogens with one attached hydrogen (secondary N) is 3. The first-order chi connectivity index (χ1) is 17.0. The minimum absolute atomic E-state index is 0.0174. The fourth-order valence-electron chi connectivity index (χ4n) is 3.76. The Morgan fingerprint density at radius 3 is 2.56 bits per heavy atom. The van der Waals surface area contributed by atoms with Gasteiger partial charge in [-0.1, -0.05) is 6.07 Å². The summed E-state index contributed by atoms with van der Waals surface area (Å²) in [5.74, 6) is -2.91. The normalized spacial score (nSPS) is 17.4. The quantitative estimate of drug-likeness (QED) is 0.331. The molecule has 0 bridgehead atoms. The zero-order valence-corrected chi connectivity index (χ0v) is 20.5. The average Bonchev–Trinajstić information content (AvgIpc) is 3.04. The molecule has 0 spiro atoms. The standard InChI is InChI=1S/C24H30N4O8/c1-24(2,3)27-23(34)35-12-5-4-11-25-18(30)13-36-16-8-6-7-14-19(16)22(33)28(21(14)32)15-9-10-17(29)26-20(15)31/h6-8,15H,4-5,9-13H2,1-3H3,(H,25,30)(H,27,34)(H,26,29,31). The van der Waals surface area contributed by atoms with E-state index < -0.39 is 41.7 Å². The minimum atomic E-state index is -1.09. The molecule has 1 fully saturated rings. The van der Waals surface area contributed by atoms with Crippen molar-refractivity contribution in [3.63, 3.8) is 0 Å². The fraction of sp³-hybridized carbons (Fsp3) is 0.500. The van der Waals surface area contributed by atoms with Crippen LogP contribution in [-0.2, 0) is 19.1 Å². The number of ether oxygens (including phenoxy) is 2. The largest absolute Gasteiger partial charge is 0.483 e. The molecule has 1 saturated heterocycles. The highest BCUT2D eigenvalue weighted by Gasteiger charge is 2.46. The average molecular weight is 503 g/mol. The summed E-state index contributed by atoms with van der Waals surface area (Å²) in [5, 5.41) is 7.49. The number of rotatable bonds is 9. The molecule has 0 radical (unpaired) electrons. The third-order valence-corrected chi connectivity index (χ3v) is 5.39. The monoisotopic (exact) mass is 502 g/mol. The molecule has 36 heavy (non-hydrogen) atoms. The van der Waals surface area contributed by atoms with Crippen LogP contribution in [0.15, 0.2) is 18.2 Å². The maximum atomic E-state index is 13.0. The molecule has 12 heteroatoms. The zero-order valence-electron chi connectivity index (χ0n) is 20.5. The van der Waals surface area contributed by atoms with Crippen LogP contribution in [0.4, 0.5) is 4.79 Å². The lowest BCUT2D eigenvalue weighted by molar-refractivity contribution is -0.136. The molecule has 194 valence electrons. The van der Waals surface area contributed by atoms with Crippen molar-refractivity contribution >= 4 is 35.6 Å². The number of nitrogens with zero attached hydrogens (tertiary/aromatic N) is 1. The Balaban J connectivity index is 1.47. The summed E-state index contributed by atoms with van der Waals surface area (Å²) in [6.07, 6.45) is 0.686. The lowest BCUT2D eigenvalue weighted by atomic mass is 10.0. The van der Waals surface area contributed by atoms with Crippen LogP contribution in [-0.4, -0.2) is 71.9 Å². The number of carbonyl (C=O) groups excluding carboxylic acids is 6. The molecular formula is C24H30N4O8. The Kier molecular flexibility index (Phi) is 8.28. The van der Waals surface area contributed by atoms with Crippen molar-refractivity contribution in [2.24, 2.45) is 0 Å². The Bertz CT molecular complexity index is 1080. The molecular weight excluding hydrogens is 472 g/mol. The number of carbonyl (C=O) groups is 6. The van der Waals surface area contributed by atoms with Crippen molar-refractivity contribution in [1.29, 1.82) is 0 Å². The van der Waals surface area contributed by atoms with E-state index in [4.69, 9.17) is 9.47 Å². The second kappa shape index (κ2) is 11.2. The van der Waals surface area contributed by atoms with E-state index in [-0.39, 0.29) is 48.5 Å². The van der Waals surface area contributed by atoms with E-state index in [0.717, 1.165) is 4.90 Å². The van der Waals surface area contributed by atoms with Crippen LogP contribution in [0.3, 0.4) is 0 Å². The topological polar surface area (TPSA) is 160 Å². The number of benzene rings is 1. The van der Waals surface area contributed by atoms with Crippen molar-refractivity contribution in [3.8, 4) is 5.75 Å². The Morgan fingerprint density at radius 2 is 1.86 bits per heavy atom. The lowest BCUT2D eigenvalue weighted by Gasteiger charge is -2.27. The van der Waals surface area contributed by atoms with E-state index >= 15 is 0 Å². The van der Waals surface area contributed by atoms with E-state index in [0.29, 0.717) is 19.4 Å². The molecule has 2 aliphatic heterocycles. The molecule has 0 saturated carbocycles. The molecule has 2 aliphatic rings. The zero-order chi connectivity index (χ0) is 26.5. The minimum Gasteiger partial charge on any atom is -0.483 e. The first kappa shape index (κ1) is 26.6. The van der Waals surface area contributed by atoms with Crippen LogP contribution in [0.1, 0.15) is 67.2 Å². The molecule has 2 heterocycles. The third kappa shape index (κ3) is 6.58. The van der Waals surface area contributed by atoms with Crippen LogP contribution < -0.4 is 20.7 Å². The van der Waals surface area contributed by atoms with Gasteiger partial charge in [-0.2, -0.15) is 0 Å². The van der Waals surface area contributed by atoms with Crippen molar-refractivity contribution < 1.29 is 38.2 Å². The molecule has 3 rings (SSSR count). The van der Waals surface area contributed by atoms with Crippen molar-refractivity contribution in [1.82, 2.24) is 20.9 Å². The van der Waals surface area contributed by atoms with Crippen molar-refractivity contribution in [3.05, 3.63) is 29.3 Å². The van der Waals surface area contributed by atoms with Crippen LogP contribution in [0.2, 0.25) is 0 Å². The van der Waals surface area contributed by atoms with Crippen LogP contribution >= 0.6 is 0 Å². The summed E-state index contributed by atoms with van der Waals surface area (Å²) in [6, 6.07) is 3.33.